The zero-order valence-electron chi connectivity index (χ0n) is 12.4. The van der Waals surface area contributed by atoms with Crippen LogP contribution in [0.4, 0.5) is 5.69 Å². The molecule has 0 aliphatic heterocycles. The molecule has 4 heteroatoms. The lowest BCUT2D eigenvalue weighted by Crippen LogP contribution is -2.37. The van der Waals surface area contributed by atoms with E-state index in [0.717, 1.165) is 30.7 Å². The lowest BCUT2D eigenvalue weighted by molar-refractivity contribution is 0.182. The molecule has 1 unspecified atom stereocenters. The third kappa shape index (κ3) is 4.79. The average molecular weight is 329 g/mol. The van der Waals surface area contributed by atoms with Crippen molar-refractivity contribution in [3.05, 3.63) is 28.2 Å². The average Bonchev–Trinajstić information content (AvgIpc) is 2.39. The van der Waals surface area contributed by atoms with Gasteiger partial charge in [-0.15, -0.1) is 0 Å². The monoisotopic (exact) mass is 328 g/mol. The highest BCUT2D eigenvalue weighted by Gasteiger charge is 2.16. The molecule has 0 saturated heterocycles. The van der Waals surface area contributed by atoms with Crippen LogP contribution in [0.2, 0.25) is 0 Å². The summed E-state index contributed by atoms with van der Waals surface area (Å²) in [4.78, 5) is 2.39. The van der Waals surface area contributed by atoms with Crippen LogP contribution in [0.5, 0.6) is 0 Å². The SMILES string of the molecule is CCNCc1cc(Br)ccc1N(CC)C(C)COC. The molecule has 0 heterocycles. The second-order valence-electron chi connectivity index (χ2n) is 4.64. The van der Waals surface area contributed by atoms with Crippen molar-refractivity contribution in [3.63, 3.8) is 0 Å². The van der Waals surface area contributed by atoms with Crippen molar-refractivity contribution in [1.29, 1.82) is 0 Å². The Morgan fingerprint density at radius 2 is 2.11 bits per heavy atom. The van der Waals surface area contributed by atoms with Gasteiger partial charge in [0.1, 0.15) is 0 Å². The molecule has 0 fully saturated rings. The molecular weight excluding hydrogens is 304 g/mol. The molecule has 1 N–H and O–H groups in total. The Bertz CT molecular complexity index is 384. The van der Waals surface area contributed by atoms with Gasteiger partial charge in [-0.05, 0) is 44.2 Å². The van der Waals surface area contributed by atoms with Gasteiger partial charge in [0, 0.05) is 36.4 Å². The maximum Gasteiger partial charge on any atom is 0.0663 e. The third-order valence-corrected chi connectivity index (χ3v) is 3.69. The summed E-state index contributed by atoms with van der Waals surface area (Å²) in [5, 5.41) is 3.40. The number of rotatable bonds is 8. The van der Waals surface area contributed by atoms with Crippen LogP contribution in [-0.2, 0) is 11.3 Å². The minimum Gasteiger partial charge on any atom is -0.383 e. The lowest BCUT2D eigenvalue weighted by Gasteiger charge is -2.31. The number of anilines is 1. The highest BCUT2D eigenvalue weighted by molar-refractivity contribution is 9.10. The molecule has 19 heavy (non-hydrogen) atoms. The van der Waals surface area contributed by atoms with Crippen LogP contribution in [0.3, 0.4) is 0 Å². The minimum absolute atomic E-state index is 0.372. The number of nitrogens with zero attached hydrogens (tertiary/aromatic N) is 1. The van der Waals surface area contributed by atoms with Crippen molar-refractivity contribution in [2.24, 2.45) is 0 Å². The van der Waals surface area contributed by atoms with E-state index in [0.29, 0.717) is 6.04 Å². The first-order valence-corrected chi connectivity index (χ1v) is 7.68. The zero-order chi connectivity index (χ0) is 14.3. The molecule has 0 amide bonds. The van der Waals surface area contributed by atoms with E-state index < -0.39 is 0 Å². The highest BCUT2D eigenvalue weighted by atomic mass is 79.9. The van der Waals surface area contributed by atoms with Crippen LogP contribution >= 0.6 is 15.9 Å². The van der Waals surface area contributed by atoms with E-state index in [1.54, 1.807) is 7.11 Å². The number of halogens is 1. The van der Waals surface area contributed by atoms with E-state index in [9.17, 15) is 0 Å². The number of likely N-dealkylation sites (N-methyl/N-ethyl adjacent to an activating group) is 1. The first-order chi connectivity index (χ1) is 9.13. The standard InChI is InChI=1S/C15H25BrN2O/c1-5-17-10-13-9-14(16)7-8-15(13)18(6-2)12(3)11-19-4/h7-9,12,17H,5-6,10-11H2,1-4H3. The minimum atomic E-state index is 0.372. The maximum atomic E-state index is 5.29. The molecule has 1 atom stereocenters. The van der Waals surface area contributed by atoms with E-state index in [1.165, 1.54) is 11.3 Å². The van der Waals surface area contributed by atoms with E-state index >= 15 is 0 Å². The molecule has 3 nitrogen and oxygen atoms in total. The van der Waals surface area contributed by atoms with Gasteiger partial charge in [0.05, 0.1) is 6.61 Å². The summed E-state index contributed by atoms with van der Waals surface area (Å²) in [6.45, 7) is 10.1. The van der Waals surface area contributed by atoms with Gasteiger partial charge in [0.25, 0.3) is 0 Å². The summed E-state index contributed by atoms with van der Waals surface area (Å²) >= 11 is 3.56. The van der Waals surface area contributed by atoms with E-state index in [-0.39, 0.29) is 0 Å². The summed E-state index contributed by atoms with van der Waals surface area (Å²) in [5.74, 6) is 0. The largest absolute Gasteiger partial charge is 0.383 e. The van der Waals surface area contributed by atoms with Gasteiger partial charge < -0.3 is 15.0 Å². The summed E-state index contributed by atoms with van der Waals surface area (Å²) in [7, 11) is 1.76. The number of methoxy groups -OCH3 is 1. The molecule has 1 aromatic rings. The molecule has 0 saturated carbocycles. The van der Waals surface area contributed by atoms with Gasteiger partial charge in [0.2, 0.25) is 0 Å². The second-order valence-corrected chi connectivity index (χ2v) is 5.56. The lowest BCUT2D eigenvalue weighted by atomic mass is 10.1. The molecule has 0 aliphatic carbocycles. The molecule has 0 aromatic heterocycles. The molecule has 1 rings (SSSR count). The van der Waals surface area contributed by atoms with Crippen LogP contribution in [-0.4, -0.2) is 32.8 Å². The van der Waals surface area contributed by atoms with E-state index in [4.69, 9.17) is 4.74 Å². The molecule has 0 spiro atoms. The smallest absolute Gasteiger partial charge is 0.0663 e. The number of hydrogen-bond acceptors (Lipinski definition) is 3. The Kier molecular flexibility index (Phi) is 7.42. The van der Waals surface area contributed by atoms with Crippen LogP contribution < -0.4 is 10.2 Å². The highest BCUT2D eigenvalue weighted by Crippen LogP contribution is 2.26. The van der Waals surface area contributed by atoms with Crippen molar-refractivity contribution in [2.45, 2.75) is 33.4 Å². The molecule has 0 aliphatic rings. The Morgan fingerprint density at radius 3 is 2.68 bits per heavy atom. The van der Waals surface area contributed by atoms with Crippen LogP contribution in [0.15, 0.2) is 22.7 Å². The Morgan fingerprint density at radius 1 is 1.37 bits per heavy atom. The predicted molar refractivity (Wildman–Crippen MR) is 85.9 cm³/mol. The van der Waals surface area contributed by atoms with Crippen molar-refractivity contribution >= 4 is 21.6 Å². The normalized spacial score (nSPS) is 12.5. The van der Waals surface area contributed by atoms with Crippen LogP contribution in [0, 0.1) is 0 Å². The number of ether oxygens (including phenoxy) is 1. The van der Waals surface area contributed by atoms with E-state index in [1.807, 2.05) is 0 Å². The van der Waals surface area contributed by atoms with Crippen molar-refractivity contribution in [2.75, 3.05) is 31.7 Å². The van der Waals surface area contributed by atoms with Crippen LogP contribution in [0.1, 0.15) is 26.3 Å². The number of nitrogens with one attached hydrogen (secondary N) is 1. The summed E-state index contributed by atoms with van der Waals surface area (Å²) < 4.78 is 6.41. The van der Waals surface area contributed by atoms with Crippen LogP contribution in [0.25, 0.3) is 0 Å². The summed E-state index contributed by atoms with van der Waals surface area (Å²) in [6, 6.07) is 6.86. The summed E-state index contributed by atoms with van der Waals surface area (Å²) in [5.41, 5.74) is 2.61. The molecule has 0 bridgehead atoms. The molecule has 1 aromatic carbocycles. The fourth-order valence-electron chi connectivity index (χ4n) is 2.29. The van der Waals surface area contributed by atoms with Crippen molar-refractivity contribution in [1.82, 2.24) is 5.32 Å². The molecule has 108 valence electrons. The van der Waals surface area contributed by atoms with Crippen molar-refractivity contribution in [3.8, 4) is 0 Å². The molecular formula is C15H25BrN2O. The quantitative estimate of drug-likeness (QED) is 0.791. The van der Waals surface area contributed by atoms with Gasteiger partial charge in [0.15, 0.2) is 0 Å². The van der Waals surface area contributed by atoms with Gasteiger partial charge in [-0.1, -0.05) is 22.9 Å². The van der Waals surface area contributed by atoms with Gasteiger partial charge in [-0.2, -0.15) is 0 Å². The third-order valence-electron chi connectivity index (χ3n) is 3.20. The Labute approximate surface area is 125 Å². The fourth-order valence-corrected chi connectivity index (χ4v) is 2.69. The predicted octanol–water partition coefficient (Wildman–Crippen LogP) is 3.42. The number of hydrogen-bond donors (Lipinski definition) is 1. The first-order valence-electron chi connectivity index (χ1n) is 6.88. The second kappa shape index (κ2) is 8.56. The Balaban J connectivity index is 3.00. The topological polar surface area (TPSA) is 24.5 Å². The first kappa shape index (κ1) is 16.5. The Hall–Kier alpha value is -0.580. The maximum absolute atomic E-state index is 5.29. The number of benzene rings is 1. The molecule has 0 radical (unpaired) electrons. The summed E-state index contributed by atoms with van der Waals surface area (Å²) in [6.07, 6.45) is 0. The zero-order valence-corrected chi connectivity index (χ0v) is 14.0. The van der Waals surface area contributed by atoms with Gasteiger partial charge >= 0.3 is 0 Å². The van der Waals surface area contributed by atoms with Gasteiger partial charge in [-0.3, -0.25) is 0 Å². The van der Waals surface area contributed by atoms with Gasteiger partial charge in [-0.25, -0.2) is 0 Å². The fraction of sp³-hybridized carbons (Fsp3) is 0.600. The van der Waals surface area contributed by atoms with Crippen molar-refractivity contribution < 1.29 is 4.74 Å². The van der Waals surface area contributed by atoms with E-state index in [2.05, 4.69) is 65.1 Å².